The Balaban J connectivity index is 2.12. The Morgan fingerprint density at radius 1 is 1.40 bits per heavy atom. The molecule has 2 rings (SSSR count). The summed E-state index contributed by atoms with van der Waals surface area (Å²) < 4.78 is 5.16. The zero-order valence-electron chi connectivity index (χ0n) is 11.1. The molecule has 0 aliphatic carbocycles. The number of carbonyl (C=O) groups excluding carboxylic acids is 1. The highest BCUT2D eigenvalue weighted by Crippen LogP contribution is 2.24. The fraction of sp³-hybridized carbons (Fsp3) is 0.286. The molecule has 0 aliphatic rings. The molecule has 6 nitrogen and oxygen atoms in total. The van der Waals surface area contributed by atoms with Crippen LogP contribution < -0.4 is 10.1 Å². The zero-order valence-corrected chi connectivity index (χ0v) is 11.1. The van der Waals surface area contributed by atoms with Gasteiger partial charge in [0.1, 0.15) is 5.75 Å². The van der Waals surface area contributed by atoms with Gasteiger partial charge in [0.05, 0.1) is 0 Å². The highest BCUT2D eigenvalue weighted by atomic mass is 16.5. The highest BCUT2D eigenvalue weighted by Gasteiger charge is 2.06. The molecule has 0 radical (unpaired) electrons. The van der Waals surface area contributed by atoms with Crippen molar-refractivity contribution in [1.82, 2.24) is 10.3 Å². The van der Waals surface area contributed by atoms with Gasteiger partial charge in [-0.25, -0.2) is 4.79 Å². The van der Waals surface area contributed by atoms with Crippen LogP contribution in [-0.2, 0) is 16.0 Å². The van der Waals surface area contributed by atoms with Gasteiger partial charge in [0.25, 0.3) is 0 Å². The number of carbonyl (C=O) groups is 2. The number of amides is 1. The summed E-state index contributed by atoms with van der Waals surface area (Å²) in [4.78, 5) is 24.5. The van der Waals surface area contributed by atoms with Crippen molar-refractivity contribution in [2.24, 2.45) is 0 Å². The van der Waals surface area contributed by atoms with E-state index < -0.39 is 5.97 Å². The number of rotatable bonds is 6. The largest absolute Gasteiger partial charge is 0.482 e. The monoisotopic (exact) mass is 276 g/mol. The van der Waals surface area contributed by atoms with Crippen molar-refractivity contribution in [2.45, 2.75) is 13.3 Å². The van der Waals surface area contributed by atoms with Gasteiger partial charge in [-0.15, -0.1) is 0 Å². The zero-order chi connectivity index (χ0) is 14.5. The molecule has 1 heterocycles. The van der Waals surface area contributed by atoms with E-state index in [9.17, 15) is 9.59 Å². The van der Waals surface area contributed by atoms with Crippen molar-refractivity contribution in [2.75, 3.05) is 13.2 Å². The predicted molar refractivity (Wildman–Crippen MR) is 73.8 cm³/mol. The fourth-order valence-corrected chi connectivity index (χ4v) is 1.97. The van der Waals surface area contributed by atoms with Gasteiger partial charge in [0, 0.05) is 30.6 Å². The van der Waals surface area contributed by atoms with Gasteiger partial charge in [-0.05, 0) is 30.2 Å². The Kier molecular flexibility index (Phi) is 4.24. The lowest BCUT2D eigenvalue weighted by Gasteiger charge is -2.04. The van der Waals surface area contributed by atoms with E-state index in [4.69, 9.17) is 9.84 Å². The molecule has 0 fully saturated rings. The maximum absolute atomic E-state index is 10.8. The number of H-pyrrole nitrogens is 1. The van der Waals surface area contributed by atoms with Crippen LogP contribution in [0.1, 0.15) is 12.5 Å². The van der Waals surface area contributed by atoms with Crippen LogP contribution >= 0.6 is 0 Å². The molecule has 0 saturated heterocycles. The van der Waals surface area contributed by atoms with Gasteiger partial charge in [-0.3, -0.25) is 4.79 Å². The lowest BCUT2D eigenvalue weighted by Crippen LogP contribution is -2.22. The van der Waals surface area contributed by atoms with Crippen LogP contribution in [0, 0.1) is 0 Å². The number of nitrogens with one attached hydrogen (secondary N) is 2. The van der Waals surface area contributed by atoms with Crippen molar-refractivity contribution in [3.05, 3.63) is 30.0 Å². The van der Waals surface area contributed by atoms with E-state index in [0.717, 1.165) is 16.5 Å². The summed E-state index contributed by atoms with van der Waals surface area (Å²) in [7, 11) is 0. The average molecular weight is 276 g/mol. The molecule has 6 heteroatoms. The van der Waals surface area contributed by atoms with Crippen LogP contribution in [-0.4, -0.2) is 35.1 Å². The Morgan fingerprint density at radius 2 is 2.20 bits per heavy atom. The quantitative estimate of drug-likeness (QED) is 0.741. The smallest absolute Gasteiger partial charge is 0.341 e. The Hall–Kier alpha value is -2.50. The molecular weight excluding hydrogens is 260 g/mol. The van der Waals surface area contributed by atoms with E-state index >= 15 is 0 Å². The Labute approximate surface area is 115 Å². The maximum Gasteiger partial charge on any atom is 0.341 e. The minimum atomic E-state index is -1.01. The molecule has 0 aliphatic heterocycles. The molecule has 1 aromatic carbocycles. The Morgan fingerprint density at radius 3 is 2.90 bits per heavy atom. The topological polar surface area (TPSA) is 91.4 Å². The molecular formula is C14H16N2O4. The van der Waals surface area contributed by atoms with Crippen molar-refractivity contribution < 1.29 is 19.4 Å². The highest BCUT2D eigenvalue weighted by molar-refractivity contribution is 5.84. The number of fused-ring (bicyclic) bond motifs is 1. The van der Waals surface area contributed by atoms with E-state index in [0.29, 0.717) is 18.7 Å². The van der Waals surface area contributed by atoms with E-state index in [1.165, 1.54) is 6.92 Å². The lowest BCUT2D eigenvalue weighted by atomic mass is 10.1. The van der Waals surface area contributed by atoms with E-state index in [1.54, 1.807) is 12.1 Å². The number of hydrogen-bond acceptors (Lipinski definition) is 3. The number of benzene rings is 1. The molecule has 0 unspecified atom stereocenters. The third-order valence-electron chi connectivity index (χ3n) is 2.87. The van der Waals surface area contributed by atoms with Crippen LogP contribution in [0.2, 0.25) is 0 Å². The van der Waals surface area contributed by atoms with Crippen LogP contribution in [0.5, 0.6) is 5.75 Å². The molecule has 1 aromatic heterocycles. The van der Waals surface area contributed by atoms with E-state index in [2.05, 4.69) is 10.3 Å². The lowest BCUT2D eigenvalue weighted by molar-refractivity contribution is -0.139. The van der Waals surface area contributed by atoms with Gasteiger partial charge < -0.3 is 20.1 Å². The number of aromatic nitrogens is 1. The SMILES string of the molecule is CC(=O)NCCc1c[nH]c2ccc(OCC(=O)O)cc12. The number of ether oxygens (including phenoxy) is 1. The molecule has 2 aromatic rings. The molecule has 0 atom stereocenters. The summed E-state index contributed by atoms with van der Waals surface area (Å²) in [5, 5.41) is 12.3. The second-order valence-corrected chi connectivity index (χ2v) is 4.44. The van der Waals surface area contributed by atoms with Crippen LogP contribution in [0.3, 0.4) is 0 Å². The van der Waals surface area contributed by atoms with Crippen molar-refractivity contribution in [1.29, 1.82) is 0 Å². The normalized spacial score (nSPS) is 10.4. The number of carboxylic acids is 1. The first-order valence-corrected chi connectivity index (χ1v) is 6.25. The van der Waals surface area contributed by atoms with Crippen molar-refractivity contribution in [3.63, 3.8) is 0 Å². The van der Waals surface area contributed by atoms with Crippen molar-refractivity contribution >= 4 is 22.8 Å². The molecule has 106 valence electrons. The average Bonchev–Trinajstić information content (AvgIpc) is 2.79. The van der Waals surface area contributed by atoms with Crippen LogP contribution in [0.15, 0.2) is 24.4 Å². The van der Waals surface area contributed by atoms with Crippen LogP contribution in [0.25, 0.3) is 10.9 Å². The summed E-state index contributed by atoms with van der Waals surface area (Å²) in [6.45, 7) is 1.67. The van der Waals surface area contributed by atoms with Crippen LogP contribution in [0.4, 0.5) is 0 Å². The van der Waals surface area contributed by atoms with Gasteiger partial charge in [-0.1, -0.05) is 0 Å². The predicted octanol–water partition coefficient (Wildman–Crippen LogP) is 1.31. The second kappa shape index (κ2) is 6.10. The third kappa shape index (κ3) is 3.50. The first kappa shape index (κ1) is 13.9. The fourth-order valence-electron chi connectivity index (χ4n) is 1.97. The second-order valence-electron chi connectivity index (χ2n) is 4.44. The molecule has 0 bridgehead atoms. The van der Waals surface area contributed by atoms with Gasteiger partial charge in [0.2, 0.25) is 5.91 Å². The summed E-state index contributed by atoms with van der Waals surface area (Å²) in [5.41, 5.74) is 2.00. The van der Waals surface area contributed by atoms with Gasteiger partial charge in [0.15, 0.2) is 6.61 Å². The molecule has 1 amide bonds. The minimum absolute atomic E-state index is 0.0599. The number of aliphatic carboxylic acids is 1. The molecule has 20 heavy (non-hydrogen) atoms. The molecule has 3 N–H and O–H groups in total. The van der Waals surface area contributed by atoms with E-state index in [1.807, 2.05) is 12.3 Å². The number of aromatic amines is 1. The first-order chi connectivity index (χ1) is 9.56. The molecule has 0 spiro atoms. The minimum Gasteiger partial charge on any atom is -0.482 e. The standard InChI is InChI=1S/C14H16N2O4/c1-9(17)15-5-4-10-7-16-13-3-2-11(6-12(10)13)20-8-14(18)19/h2-3,6-7,16H,4-5,8H2,1H3,(H,15,17)(H,18,19). The summed E-state index contributed by atoms with van der Waals surface area (Å²) in [6, 6.07) is 5.37. The maximum atomic E-state index is 10.8. The van der Waals surface area contributed by atoms with E-state index in [-0.39, 0.29) is 12.5 Å². The summed E-state index contributed by atoms with van der Waals surface area (Å²) in [5.74, 6) is -0.555. The third-order valence-corrected chi connectivity index (χ3v) is 2.87. The first-order valence-electron chi connectivity index (χ1n) is 6.25. The number of carboxylic acid groups (broad SMARTS) is 1. The number of hydrogen-bond donors (Lipinski definition) is 3. The van der Waals surface area contributed by atoms with Crippen molar-refractivity contribution in [3.8, 4) is 5.75 Å². The Bertz CT molecular complexity index is 633. The van der Waals surface area contributed by atoms with Gasteiger partial charge in [-0.2, -0.15) is 0 Å². The van der Waals surface area contributed by atoms with Gasteiger partial charge >= 0.3 is 5.97 Å². The summed E-state index contributed by atoms with van der Waals surface area (Å²) >= 11 is 0. The summed E-state index contributed by atoms with van der Waals surface area (Å²) in [6.07, 6.45) is 2.58. The molecule has 0 saturated carbocycles.